The third-order valence-corrected chi connectivity index (χ3v) is 5.90. The summed E-state index contributed by atoms with van der Waals surface area (Å²) in [6, 6.07) is 13.9. The van der Waals surface area contributed by atoms with E-state index in [1.165, 1.54) is 22.7 Å². The van der Waals surface area contributed by atoms with Crippen molar-refractivity contribution in [2.24, 2.45) is 0 Å². The molecule has 0 atom stereocenters. The fourth-order valence-corrected chi connectivity index (χ4v) is 4.38. The van der Waals surface area contributed by atoms with Gasteiger partial charge in [-0.25, -0.2) is 4.98 Å². The average Bonchev–Trinajstić information content (AvgIpc) is 3.29. The first-order chi connectivity index (χ1) is 16.0. The molecule has 0 bridgehead atoms. The lowest BCUT2D eigenvalue weighted by atomic mass is 9.95. The predicted molar refractivity (Wildman–Crippen MR) is 130 cm³/mol. The van der Waals surface area contributed by atoms with Gasteiger partial charge in [-0.15, -0.1) is 0 Å². The van der Waals surface area contributed by atoms with Crippen LogP contribution in [0.2, 0.25) is 0 Å². The van der Waals surface area contributed by atoms with E-state index >= 15 is 0 Å². The molecule has 0 aliphatic carbocycles. The Labute approximate surface area is 199 Å². The van der Waals surface area contributed by atoms with Gasteiger partial charge in [-0.2, -0.15) is 9.64 Å². The lowest BCUT2D eigenvalue weighted by molar-refractivity contribution is -0.143. The number of carbonyl (C=O) groups is 1. The third-order valence-electron chi connectivity index (χ3n) is 5.14. The molecule has 3 aromatic rings. The van der Waals surface area contributed by atoms with Crippen molar-refractivity contribution in [3.8, 4) is 33.8 Å². The molecule has 0 radical (unpaired) electrons. The largest absolute Gasteiger partial charge is 0.490 e. The first-order valence-electron chi connectivity index (χ1n) is 11.3. The monoisotopic (exact) mass is 463 g/mol. The van der Waals surface area contributed by atoms with Gasteiger partial charge in [-0.1, -0.05) is 25.1 Å². The van der Waals surface area contributed by atoms with Crippen LogP contribution in [0.4, 0.5) is 0 Å². The standard InChI is InChI=1S/C26H29N3O3S/c1-5-21-18(10-8-12-24(30)31-6-2)9-7-11-22(21)25-28-26(33-29-25)19-13-14-23(32-17(3)4)20(15-19)16-27/h7,9,11,13-15,17H,5-6,8,10,12H2,1-4H3. The summed E-state index contributed by atoms with van der Waals surface area (Å²) in [5, 5.41) is 10.3. The number of aryl methyl sites for hydroxylation is 1. The number of aromatic nitrogens is 2. The van der Waals surface area contributed by atoms with Crippen molar-refractivity contribution >= 4 is 17.5 Å². The maximum atomic E-state index is 11.7. The Morgan fingerprint density at radius 2 is 2.03 bits per heavy atom. The molecule has 1 heterocycles. The van der Waals surface area contributed by atoms with E-state index in [-0.39, 0.29) is 12.1 Å². The molecule has 2 aromatic carbocycles. The molecule has 3 rings (SSSR count). The molecule has 0 saturated carbocycles. The molecule has 0 saturated heterocycles. The van der Waals surface area contributed by atoms with Crippen LogP contribution < -0.4 is 4.74 Å². The number of hydrogen-bond donors (Lipinski definition) is 0. The molecule has 0 aliphatic heterocycles. The summed E-state index contributed by atoms with van der Waals surface area (Å²) < 4.78 is 15.4. The van der Waals surface area contributed by atoms with E-state index in [9.17, 15) is 10.1 Å². The highest BCUT2D eigenvalue weighted by Gasteiger charge is 2.16. The van der Waals surface area contributed by atoms with Gasteiger partial charge in [0.2, 0.25) is 0 Å². The maximum Gasteiger partial charge on any atom is 0.305 e. The van der Waals surface area contributed by atoms with E-state index in [2.05, 4.69) is 23.4 Å². The fraction of sp³-hybridized carbons (Fsp3) is 0.385. The van der Waals surface area contributed by atoms with Crippen LogP contribution in [0.5, 0.6) is 5.75 Å². The smallest absolute Gasteiger partial charge is 0.305 e. The van der Waals surface area contributed by atoms with Crippen LogP contribution in [0.25, 0.3) is 22.0 Å². The zero-order valence-electron chi connectivity index (χ0n) is 19.6. The summed E-state index contributed by atoms with van der Waals surface area (Å²) in [7, 11) is 0. The highest BCUT2D eigenvalue weighted by atomic mass is 32.1. The van der Waals surface area contributed by atoms with Gasteiger partial charge in [0, 0.05) is 17.5 Å². The van der Waals surface area contributed by atoms with Crippen LogP contribution in [-0.2, 0) is 22.4 Å². The van der Waals surface area contributed by atoms with E-state index in [1.54, 1.807) is 6.07 Å². The second kappa shape index (κ2) is 11.6. The van der Waals surface area contributed by atoms with Crippen molar-refractivity contribution in [1.29, 1.82) is 5.26 Å². The van der Waals surface area contributed by atoms with E-state index < -0.39 is 0 Å². The number of esters is 1. The van der Waals surface area contributed by atoms with Crippen molar-refractivity contribution in [1.82, 2.24) is 9.36 Å². The number of benzene rings is 2. The molecule has 0 aliphatic rings. The van der Waals surface area contributed by atoms with Gasteiger partial charge in [-0.05, 0) is 80.9 Å². The molecule has 6 nitrogen and oxygen atoms in total. The van der Waals surface area contributed by atoms with E-state index in [1.807, 2.05) is 45.0 Å². The Kier molecular flexibility index (Phi) is 8.56. The van der Waals surface area contributed by atoms with Gasteiger partial charge in [0.1, 0.15) is 16.8 Å². The second-order valence-electron chi connectivity index (χ2n) is 7.87. The lowest BCUT2D eigenvalue weighted by Crippen LogP contribution is -2.06. The predicted octanol–water partition coefficient (Wildman–Crippen LogP) is 5.98. The second-order valence-corrected chi connectivity index (χ2v) is 8.62. The van der Waals surface area contributed by atoms with Crippen LogP contribution >= 0.6 is 11.5 Å². The Hall–Kier alpha value is -3.24. The Balaban J connectivity index is 1.84. The molecular formula is C26H29N3O3S. The van der Waals surface area contributed by atoms with Gasteiger partial charge in [0.15, 0.2) is 5.82 Å². The van der Waals surface area contributed by atoms with Crippen LogP contribution in [-0.4, -0.2) is 28.0 Å². The van der Waals surface area contributed by atoms with Crippen molar-refractivity contribution in [3.63, 3.8) is 0 Å². The number of hydrogen-bond acceptors (Lipinski definition) is 7. The molecular weight excluding hydrogens is 434 g/mol. The summed E-state index contributed by atoms with van der Waals surface area (Å²) in [4.78, 5) is 16.4. The Bertz CT molecular complexity index is 1150. The SMILES string of the molecule is CCOC(=O)CCCc1cccc(-c2nsc(-c3ccc(OC(C)C)c(C#N)c3)n2)c1CC. The first kappa shape index (κ1) is 24.4. The molecule has 0 amide bonds. The molecule has 172 valence electrons. The van der Waals surface area contributed by atoms with Crippen LogP contribution in [0, 0.1) is 11.3 Å². The summed E-state index contributed by atoms with van der Waals surface area (Å²) in [6.45, 7) is 8.22. The maximum absolute atomic E-state index is 11.7. The van der Waals surface area contributed by atoms with Crippen LogP contribution in [0.1, 0.15) is 57.2 Å². The molecule has 1 aromatic heterocycles. The van der Waals surface area contributed by atoms with Crippen LogP contribution in [0.15, 0.2) is 36.4 Å². The van der Waals surface area contributed by atoms with Crippen molar-refractivity contribution < 1.29 is 14.3 Å². The minimum absolute atomic E-state index is 0.00638. The van der Waals surface area contributed by atoms with E-state index in [4.69, 9.17) is 14.5 Å². The summed E-state index contributed by atoms with van der Waals surface area (Å²) in [5.41, 5.74) is 4.74. The minimum Gasteiger partial charge on any atom is -0.490 e. The highest BCUT2D eigenvalue weighted by molar-refractivity contribution is 7.09. The van der Waals surface area contributed by atoms with Crippen LogP contribution in [0.3, 0.4) is 0 Å². The first-order valence-corrected chi connectivity index (χ1v) is 12.1. The average molecular weight is 464 g/mol. The van der Waals surface area contributed by atoms with Crippen molar-refractivity contribution in [3.05, 3.63) is 53.1 Å². The summed E-state index contributed by atoms with van der Waals surface area (Å²) in [6.07, 6.45) is 2.80. The zero-order chi connectivity index (χ0) is 23.8. The highest BCUT2D eigenvalue weighted by Crippen LogP contribution is 2.32. The van der Waals surface area contributed by atoms with Crippen molar-refractivity contribution in [2.45, 2.75) is 59.5 Å². The number of nitriles is 1. The van der Waals surface area contributed by atoms with E-state index in [0.29, 0.717) is 30.2 Å². The molecule has 0 N–H and O–H groups in total. The van der Waals surface area contributed by atoms with Gasteiger partial charge in [-0.3, -0.25) is 4.79 Å². The normalized spacial score (nSPS) is 10.8. The summed E-state index contributed by atoms with van der Waals surface area (Å²) >= 11 is 1.32. The lowest BCUT2D eigenvalue weighted by Gasteiger charge is -2.12. The summed E-state index contributed by atoms with van der Waals surface area (Å²) in [5.74, 6) is 1.10. The van der Waals surface area contributed by atoms with Gasteiger partial charge in [0.05, 0.1) is 18.3 Å². The van der Waals surface area contributed by atoms with Gasteiger partial charge < -0.3 is 9.47 Å². The van der Waals surface area contributed by atoms with Gasteiger partial charge in [0.25, 0.3) is 0 Å². The molecule has 0 spiro atoms. The van der Waals surface area contributed by atoms with E-state index in [0.717, 1.165) is 35.4 Å². The number of carbonyl (C=O) groups excluding carboxylic acids is 1. The zero-order valence-corrected chi connectivity index (χ0v) is 20.4. The van der Waals surface area contributed by atoms with Gasteiger partial charge >= 0.3 is 5.97 Å². The number of ether oxygens (including phenoxy) is 2. The number of rotatable bonds is 10. The third kappa shape index (κ3) is 6.17. The molecule has 0 fully saturated rings. The topological polar surface area (TPSA) is 85.1 Å². The Morgan fingerprint density at radius 1 is 1.21 bits per heavy atom. The molecule has 33 heavy (non-hydrogen) atoms. The molecule has 0 unspecified atom stereocenters. The Morgan fingerprint density at radius 3 is 2.73 bits per heavy atom. The number of nitrogens with zero attached hydrogens (tertiary/aromatic N) is 3. The fourth-order valence-electron chi connectivity index (χ4n) is 3.71. The van der Waals surface area contributed by atoms with Crippen molar-refractivity contribution in [2.75, 3.05) is 6.61 Å². The molecule has 7 heteroatoms. The minimum atomic E-state index is -0.154. The quantitative estimate of drug-likeness (QED) is 0.344.